The fraction of sp³-hybridized carbons (Fsp3) is 0.0870. The van der Waals surface area contributed by atoms with Crippen LogP contribution in [0.4, 0.5) is 11.5 Å². The average Bonchev–Trinajstić information content (AvgIpc) is 3.21. The van der Waals surface area contributed by atoms with Gasteiger partial charge in [0.25, 0.3) is 10.9 Å². The summed E-state index contributed by atoms with van der Waals surface area (Å²) < 4.78 is 6.89. The highest BCUT2D eigenvalue weighted by molar-refractivity contribution is 5.82. The van der Waals surface area contributed by atoms with E-state index in [1.165, 1.54) is 7.11 Å². The van der Waals surface area contributed by atoms with E-state index in [0.29, 0.717) is 29.4 Å². The maximum atomic E-state index is 11.7. The van der Waals surface area contributed by atoms with Gasteiger partial charge in [0.2, 0.25) is 0 Å². The molecule has 0 bridgehead atoms. The Morgan fingerprint density at radius 3 is 2.50 bits per heavy atom. The SMILES string of the molecule is COc1c(NCc2ccc(-n3c(-c4cccnc4N)nc4cccnc43)cc2)c(=O)c1=O. The molecule has 0 aliphatic rings. The van der Waals surface area contributed by atoms with E-state index in [9.17, 15) is 9.59 Å². The van der Waals surface area contributed by atoms with E-state index in [0.717, 1.165) is 16.8 Å². The highest BCUT2D eigenvalue weighted by Gasteiger charge is 2.21. The lowest BCUT2D eigenvalue weighted by Crippen LogP contribution is -2.35. The van der Waals surface area contributed by atoms with E-state index in [4.69, 9.17) is 15.5 Å². The minimum absolute atomic E-state index is 0.0706. The van der Waals surface area contributed by atoms with Crippen molar-refractivity contribution in [1.29, 1.82) is 0 Å². The molecule has 9 nitrogen and oxygen atoms in total. The van der Waals surface area contributed by atoms with Crippen molar-refractivity contribution in [2.24, 2.45) is 0 Å². The number of nitrogens with zero attached hydrogens (tertiary/aromatic N) is 4. The number of nitrogens with two attached hydrogens (primary N) is 1. The molecule has 3 aromatic heterocycles. The summed E-state index contributed by atoms with van der Waals surface area (Å²) in [5, 5.41) is 2.97. The number of rotatable bonds is 6. The minimum Gasteiger partial charge on any atom is -0.491 e. The monoisotopic (exact) mass is 426 g/mol. The van der Waals surface area contributed by atoms with Gasteiger partial charge in [-0.05, 0) is 42.0 Å². The third kappa shape index (κ3) is 3.07. The first-order valence-electron chi connectivity index (χ1n) is 9.83. The maximum Gasteiger partial charge on any atom is 0.271 e. The van der Waals surface area contributed by atoms with E-state index in [2.05, 4.69) is 15.3 Å². The van der Waals surface area contributed by atoms with Crippen molar-refractivity contribution in [3.8, 4) is 22.8 Å². The number of methoxy groups -OCH3 is 1. The molecule has 0 spiro atoms. The first kappa shape index (κ1) is 19.4. The minimum atomic E-state index is -0.605. The number of hydrogen-bond donors (Lipinski definition) is 2. The standard InChI is InChI=1S/C23H18N6O3/c1-32-20-17(18(30)19(20)31)27-12-13-6-8-14(9-7-13)29-22(15-4-2-10-25-21(15)24)28-16-5-3-11-26-23(16)29/h2-11,27H,12H2,1H3,(H2,24,25). The molecule has 0 radical (unpaired) electrons. The number of imidazole rings is 1. The molecule has 32 heavy (non-hydrogen) atoms. The van der Waals surface area contributed by atoms with Crippen LogP contribution in [0.3, 0.4) is 0 Å². The average molecular weight is 426 g/mol. The zero-order chi connectivity index (χ0) is 22.2. The Hall–Kier alpha value is -4.53. The Labute approximate surface area is 181 Å². The molecule has 0 amide bonds. The van der Waals surface area contributed by atoms with Gasteiger partial charge in [-0.25, -0.2) is 15.0 Å². The lowest BCUT2D eigenvalue weighted by Gasteiger charge is -2.13. The summed E-state index contributed by atoms with van der Waals surface area (Å²) >= 11 is 0. The lowest BCUT2D eigenvalue weighted by atomic mass is 10.1. The maximum absolute atomic E-state index is 11.7. The van der Waals surface area contributed by atoms with Crippen LogP contribution in [-0.4, -0.2) is 26.6 Å². The van der Waals surface area contributed by atoms with Crippen LogP contribution in [0.2, 0.25) is 0 Å². The number of nitrogens with one attached hydrogen (secondary N) is 1. The van der Waals surface area contributed by atoms with Crippen LogP contribution in [-0.2, 0) is 6.54 Å². The molecule has 0 saturated carbocycles. The van der Waals surface area contributed by atoms with Crippen LogP contribution in [0.25, 0.3) is 28.2 Å². The van der Waals surface area contributed by atoms with Crippen molar-refractivity contribution in [1.82, 2.24) is 19.5 Å². The molecule has 5 aromatic rings. The third-order valence-electron chi connectivity index (χ3n) is 5.23. The summed E-state index contributed by atoms with van der Waals surface area (Å²) in [5.74, 6) is 1.09. The molecule has 0 atom stereocenters. The van der Waals surface area contributed by atoms with Crippen LogP contribution in [0.5, 0.6) is 5.75 Å². The van der Waals surface area contributed by atoms with Gasteiger partial charge >= 0.3 is 0 Å². The summed E-state index contributed by atoms with van der Waals surface area (Å²) in [6, 6.07) is 15.1. The van der Waals surface area contributed by atoms with Crippen molar-refractivity contribution >= 4 is 22.7 Å². The van der Waals surface area contributed by atoms with E-state index in [-0.39, 0.29) is 11.4 Å². The Morgan fingerprint density at radius 2 is 1.75 bits per heavy atom. The van der Waals surface area contributed by atoms with Gasteiger partial charge in [0.1, 0.15) is 17.0 Å². The first-order valence-corrected chi connectivity index (χ1v) is 9.83. The molecular weight excluding hydrogens is 408 g/mol. The summed E-state index contributed by atoms with van der Waals surface area (Å²) in [4.78, 5) is 36.6. The van der Waals surface area contributed by atoms with Gasteiger partial charge in [0, 0.05) is 24.6 Å². The molecule has 0 saturated heterocycles. The van der Waals surface area contributed by atoms with Gasteiger partial charge in [-0.15, -0.1) is 0 Å². The Kier molecular flexibility index (Phi) is 4.63. The van der Waals surface area contributed by atoms with Gasteiger partial charge in [0.15, 0.2) is 17.2 Å². The quantitative estimate of drug-likeness (QED) is 0.396. The molecule has 158 valence electrons. The van der Waals surface area contributed by atoms with Gasteiger partial charge in [-0.3, -0.25) is 14.2 Å². The normalized spacial score (nSPS) is 11.2. The Morgan fingerprint density at radius 1 is 1.00 bits per heavy atom. The molecule has 0 unspecified atom stereocenters. The number of fused-ring (bicyclic) bond motifs is 1. The highest BCUT2D eigenvalue weighted by atomic mass is 16.5. The molecule has 9 heteroatoms. The summed E-state index contributed by atoms with van der Waals surface area (Å²) in [5.41, 5.74) is 9.08. The molecule has 2 aromatic carbocycles. The van der Waals surface area contributed by atoms with E-state index in [1.807, 2.05) is 53.1 Å². The van der Waals surface area contributed by atoms with Crippen molar-refractivity contribution in [3.05, 3.63) is 86.9 Å². The molecule has 0 aliphatic carbocycles. The zero-order valence-electron chi connectivity index (χ0n) is 17.1. The Bertz CT molecular complexity index is 1510. The van der Waals surface area contributed by atoms with Crippen LogP contribution < -0.4 is 26.6 Å². The number of hydrogen-bond acceptors (Lipinski definition) is 8. The molecule has 5 rings (SSSR count). The number of nitrogen functional groups attached to an aromatic ring is 1. The fourth-order valence-corrected chi connectivity index (χ4v) is 3.62. The smallest absolute Gasteiger partial charge is 0.271 e. The highest BCUT2D eigenvalue weighted by Crippen LogP contribution is 2.30. The third-order valence-corrected chi connectivity index (χ3v) is 5.23. The van der Waals surface area contributed by atoms with Crippen LogP contribution >= 0.6 is 0 Å². The molecule has 3 N–H and O–H groups in total. The second kappa shape index (κ2) is 7.62. The van der Waals surface area contributed by atoms with Gasteiger partial charge in [-0.2, -0.15) is 0 Å². The predicted octanol–water partition coefficient (Wildman–Crippen LogP) is 2.28. The summed E-state index contributed by atoms with van der Waals surface area (Å²) in [7, 11) is 1.37. The Balaban J connectivity index is 1.50. The topological polar surface area (TPSA) is 125 Å². The van der Waals surface area contributed by atoms with Crippen molar-refractivity contribution in [2.75, 3.05) is 18.2 Å². The van der Waals surface area contributed by atoms with Crippen LogP contribution in [0.1, 0.15) is 5.56 Å². The lowest BCUT2D eigenvalue weighted by molar-refractivity contribution is 0.407. The summed E-state index contributed by atoms with van der Waals surface area (Å²) in [6.07, 6.45) is 3.35. The van der Waals surface area contributed by atoms with Crippen molar-refractivity contribution < 1.29 is 4.74 Å². The van der Waals surface area contributed by atoms with Crippen LogP contribution in [0, 0.1) is 0 Å². The zero-order valence-corrected chi connectivity index (χ0v) is 17.1. The van der Waals surface area contributed by atoms with Gasteiger partial charge < -0.3 is 15.8 Å². The van der Waals surface area contributed by atoms with Crippen molar-refractivity contribution in [3.63, 3.8) is 0 Å². The number of anilines is 2. The van der Waals surface area contributed by atoms with Gasteiger partial charge in [0.05, 0.1) is 12.7 Å². The largest absolute Gasteiger partial charge is 0.491 e. The molecule has 0 fully saturated rings. The van der Waals surface area contributed by atoms with Crippen molar-refractivity contribution in [2.45, 2.75) is 6.54 Å². The fourth-order valence-electron chi connectivity index (χ4n) is 3.62. The molecular formula is C23H18N6O3. The van der Waals surface area contributed by atoms with Gasteiger partial charge in [-0.1, -0.05) is 12.1 Å². The first-order chi connectivity index (χ1) is 15.6. The molecule has 3 heterocycles. The number of pyridine rings is 2. The summed E-state index contributed by atoms with van der Waals surface area (Å²) in [6.45, 7) is 0.368. The molecule has 0 aliphatic heterocycles. The number of benzene rings is 1. The number of ether oxygens (including phenoxy) is 1. The van der Waals surface area contributed by atoms with E-state index >= 15 is 0 Å². The van der Waals surface area contributed by atoms with E-state index < -0.39 is 10.9 Å². The second-order valence-corrected chi connectivity index (χ2v) is 7.14. The number of aromatic nitrogens is 4. The van der Waals surface area contributed by atoms with E-state index in [1.54, 1.807) is 12.4 Å². The predicted molar refractivity (Wildman–Crippen MR) is 122 cm³/mol. The second-order valence-electron chi connectivity index (χ2n) is 7.14. The van der Waals surface area contributed by atoms with Crippen LogP contribution in [0.15, 0.2) is 70.5 Å².